The third-order valence-corrected chi connectivity index (χ3v) is 5.25. The zero-order valence-electron chi connectivity index (χ0n) is 14.0. The molecule has 0 aliphatic heterocycles. The van der Waals surface area contributed by atoms with Crippen molar-refractivity contribution >= 4 is 16.6 Å². The minimum absolute atomic E-state index is 0.791. The number of rotatable bonds is 4. The zero-order valence-corrected chi connectivity index (χ0v) is 14.8. The predicted octanol–water partition coefficient (Wildman–Crippen LogP) is 3.04. The van der Waals surface area contributed by atoms with E-state index in [1.807, 2.05) is 31.2 Å². The molecule has 5 heteroatoms. The molecule has 23 heavy (non-hydrogen) atoms. The first-order chi connectivity index (χ1) is 11.0. The summed E-state index contributed by atoms with van der Waals surface area (Å²) >= 11 is 0. The molecule has 0 radical (unpaired) electrons. The lowest BCUT2D eigenvalue weighted by atomic mass is 9.96. The fourth-order valence-electron chi connectivity index (χ4n) is 3.15. The molecule has 2 aromatic rings. The van der Waals surface area contributed by atoms with Crippen LogP contribution in [-0.4, -0.2) is 27.5 Å². The van der Waals surface area contributed by atoms with Gasteiger partial charge in [-0.3, -0.25) is 4.21 Å². The molecular weight excluding hydrogens is 306 g/mol. The molecular formula is C18H23N3OS. The van der Waals surface area contributed by atoms with Gasteiger partial charge in [0.25, 0.3) is 0 Å². The Morgan fingerprint density at radius 2 is 1.83 bits per heavy atom. The molecule has 0 amide bonds. The van der Waals surface area contributed by atoms with E-state index in [1.165, 1.54) is 29.7 Å². The monoisotopic (exact) mass is 329 g/mol. The van der Waals surface area contributed by atoms with Crippen molar-refractivity contribution in [2.45, 2.75) is 44.0 Å². The average Bonchev–Trinajstić information content (AvgIpc) is 2.54. The van der Waals surface area contributed by atoms with Crippen molar-refractivity contribution in [2.75, 3.05) is 18.2 Å². The first-order valence-electron chi connectivity index (χ1n) is 8.04. The van der Waals surface area contributed by atoms with Gasteiger partial charge in [0, 0.05) is 46.8 Å². The molecule has 1 aromatic heterocycles. The first-order valence-corrected chi connectivity index (χ1v) is 9.60. The second kappa shape index (κ2) is 6.79. The van der Waals surface area contributed by atoms with Gasteiger partial charge in [-0.1, -0.05) is 12.1 Å². The highest BCUT2D eigenvalue weighted by molar-refractivity contribution is 7.84. The van der Waals surface area contributed by atoms with Gasteiger partial charge in [-0.15, -0.1) is 0 Å². The number of aromatic nitrogens is 2. The summed E-state index contributed by atoms with van der Waals surface area (Å²) < 4.78 is 11.5. The Balaban J connectivity index is 1.84. The van der Waals surface area contributed by atoms with Crippen LogP contribution in [0.1, 0.15) is 35.5 Å². The summed E-state index contributed by atoms with van der Waals surface area (Å²) in [7, 11) is 1.16. The summed E-state index contributed by atoms with van der Waals surface area (Å²) in [6.45, 7) is 2.76. The van der Waals surface area contributed by atoms with Gasteiger partial charge in [-0.2, -0.15) is 0 Å². The number of fused-ring (bicyclic) bond motifs is 1. The minimum atomic E-state index is -0.925. The number of nitrogens with zero attached hydrogens (tertiary/aromatic N) is 3. The van der Waals surface area contributed by atoms with Crippen LogP contribution in [0.4, 0.5) is 5.82 Å². The Morgan fingerprint density at radius 3 is 2.52 bits per heavy atom. The van der Waals surface area contributed by atoms with E-state index >= 15 is 0 Å². The molecule has 0 saturated heterocycles. The van der Waals surface area contributed by atoms with Crippen LogP contribution < -0.4 is 4.90 Å². The first kappa shape index (κ1) is 16.1. The molecule has 0 saturated carbocycles. The van der Waals surface area contributed by atoms with Gasteiger partial charge in [0.2, 0.25) is 0 Å². The summed E-state index contributed by atoms with van der Waals surface area (Å²) in [5.41, 5.74) is 3.74. The summed E-state index contributed by atoms with van der Waals surface area (Å²) in [5.74, 6) is 1.92. The summed E-state index contributed by atoms with van der Waals surface area (Å²) in [4.78, 5) is 12.4. The highest BCUT2D eigenvalue weighted by atomic mass is 32.2. The molecule has 3 rings (SSSR count). The molecule has 1 atom stereocenters. The minimum Gasteiger partial charge on any atom is -0.355 e. The largest absolute Gasteiger partial charge is 0.355 e. The van der Waals surface area contributed by atoms with Crippen molar-refractivity contribution in [1.29, 1.82) is 0 Å². The molecule has 1 aromatic carbocycles. The van der Waals surface area contributed by atoms with E-state index in [0.717, 1.165) is 35.9 Å². The molecule has 4 nitrogen and oxygen atoms in total. The van der Waals surface area contributed by atoms with E-state index in [9.17, 15) is 4.21 Å². The van der Waals surface area contributed by atoms with Crippen LogP contribution in [0.15, 0.2) is 29.2 Å². The van der Waals surface area contributed by atoms with E-state index in [-0.39, 0.29) is 0 Å². The van der Waals surface area contributed by atoms with Crippen LogP contribution in [-0.2, 0) is 30.2 Å². The molecule has 1 aliphatic rings. The molecule has 122 valence electrons. The maximum Gasteiger partial charge on any atom is 0.135 e. The van der Waals surface area contributed by atoms with Gasteiger partial charge in [0.1, 0.15) is 11.6 Å². The smallest absolute Gasteiger partial charge is 0.135 e. The normalized spacial score (nSPS) is 15.1. The fourth-order valence-corrected chi connectivity index (χ4v) is 3.67. The summed E-state index contributed by atoms with van der Waals surface area (Å²) in [6.07, 6.45) is 6.29. The van der Waals surface area contributed by atoms with Gasteiger partial charge in [0.15, 0.2) is 0 Å². The zero-order chi connectivity index (χ0) is 16.4. The van der Waals surface area contributed by atoms with Crippen LogP contribution in [0, 0.1) is 6.92 Å². The maximum atomic E-state index is 11.5. The number of hydrogen-bond acceptors (Lipinski definition) is 4. The molecule has 1 aliphatic carbocycles. The van der Waals surface area contributed by atoms with Crippen LogP contribution in [0.5, 0.6) is 0 Å². The summed E-state index contributed by atoms with van der Waals surface area (Å²) in [5, 5.41) is 0. The molecule has 1 unspecified atom stereocenters. The molecule has 0 spiro atoms. The van der Waals surface area contributed by atoms with Gasteiger partial charge in [-0.05, 0) is 50.3 Å². The topological polar surface area (TPSA) is 46.1 Å². The van der Waals surface area contributed by atoms with Gasteiger partial charge in [-0.25, -0.2) is 9.97 Å². The maximum absolute atomic E-state index is 11.5. The molecule has 0 fully saturated rings. The van der Waals surface area contributed by atoms with E-state index in [4.69, 9.17) is 4.98 Å². The quantitative estimate of drug-likeness (QED) is 0.865. The van der Waals surface area contributed by atoms with Gasteiger partial charge in [0.05, 0.1) is 0 Å². The van der Waals surface area contributed by atoms with Crippen LogP contribution in [0.2, 0.25) is 0 Å². The molecule has 0 bridgehead atoms. The van der Waals surface area contributed by atoms with Crippen molar-refractivity contribution in [3.05, 3.63) is 46.9 Å². The van der Waals surface area contributed by atoms with Crippen molar-refractivity contribution < 1.29 is 4.21 Å². The van der Waals surface area contributed by atoms with Gasteiger partial charge < -0.3 is 4.90 Å². The summed E-state index contributed by atoms with van der Waals surface area (Å²) in [6, 6.07) is 7.99. The standard InChI is InChI=1S/C18H23N3OS/c1-13-19-17-7-5-4-6-16(17)18(20-13)21(2)12-14-8-10-15(11-9-14)23(3)22/h8-11H,4-7,12H2,1-3H3. The lowest BCUT2D eigenvalue weighted by Crippen LogP contribution is -2.22. The predicted molar refractivity (Wildman–Crippen MR) is 94.3 cm³/mol. The Hall–Kier alpha value is -1.75. The van der Waals surface area contributed by atoms with E-state index < -0.39 is 10.8 Å². The Morgan fingerprint density at radius 1 is 1.13 bits per heavy atom. The van der Waals surface area contributed by atoms with E-state index in [1.54, 1.807) is 6.26 Å². The Bertz CT molecular complexity index is 728. The fraction of sp³-hybridized carbons (Fsp3) is 0.444. The second-order valence-electron chi connectivity index (χ2n) is 6.18. The third-order valence-electron chi connectivity index (χ3n) is 4.31. The van der Waals surface area contributed by atoms with Crippen molar-refractivity contribution in [1.82, 2.24) is 9.97 Å². The van der Waals surface area contributed by atoms with Gasteiger partial charge >= 0.3 is 0 Å². The highest BCUT2D eigenvalue weighted by Crippen LogP contribution is 2.28. The number of benzene rings is 1. The molecule has 0 N–H and O–H groups in total. The van der Waals surface area contributed by atoms with E-state index in [0.29, 0.717) is 0 Å². The number of anilines is 1. The lowest BCUT2D eigenvalue weighted by molar-refractivity contribution is 0.653. The van der Waals surface area contributed by atoms with Crippen molar-refractivity contribution in [3.8, 4) is 0 Å². The van der Waals surface area contributed by atoms with Crippen molar-refractivity contribution in [3.63, 3.8) is 0 Å². The van der Waals surface area contributed by atoms with Crippen molar-refractivity contribution in [2.24, 2.45) is 0 Å². The van der Waals surface area contributed by atoms with Crippen LogP contribution >= 0.6 is 0 Å². The lowest BCUT2D eigenvalue weighted by Gasteiger charge is -2.25. The van der Waals surface area contributed by atoms with Crippen LogP contribution in [0.25, 0.3) is 0 Å². The highest BCUT2D eigenvalue weighted by Gasteiger charge is 2.19. The SMILES string of the molecule is Cc1nc2c(c(N(C)Cc3ccc(S(C)=O)cc3)n1)CCCC2. The van der Waals surface area contributed by atoms with Crippen LogP contribution in [0.3, 0.4) is 0 Å². The Labute approximate surface area is 140 Å². The molecule has 1 heterocycles. The number of aryl methyl sites for hydroxylation is 2. The van der Waals surface area contributed by atoms with E-state index in [2.05, 4.69) is 16.9 Å². The third kappa shape index (κ3) is 3.61. The Kier molecular flexibility index (Phi) is 4.76. The second-order valence-corrected chi connectivity index (χ2v) is 7.56. The number of hydrogen-bond donors (Lipinski definition) is 0. The average molecular weight is 329 g/mol.